The van der Waals surface area contributed by atoms with Crippen LogP contribution in [0.2, 0.25) is 0 Å². The zero-order valence-corrected chi connectivity index (χ0v) is 19.5. The highest BCUT2D eigenvalue weighted by Gasteiger charge is 2.44. The fourth-order valence-electron chi connectivity index (χ4n) is 5.13. The van der Waals surface area contributed by atoms with E-state index in [2.05, 4.69) is 15.6 Å². The maximum absolute atomic E-state index is 15.5. The summed E-state index contributed by atoms with van der Waals surface area (Å²) in [4.78, 5) is 5.19. The molecule has 3 heterocycles. The van der Waals surface area contributed by atoms with Gasteiger partial charge in [-0.15, -0.1) is 0 Å². The summed E-state index contributed by atoms with van der Waals surface area (Å²) >= 11 is 0. The Morgan fingerprint density at radius 3 is 2.57 bits per heavy atom. The maximum Gasteiger partial charge on any atom is 0.169 e. The summed E-state index contributed by atoms with van der Waals surface area (Å²) in [6.45, 7) is 1.64. The predicted octanol–water partition coefficient (Wildman–Crippen LogP) is 4.49. The zero-order valence-electron chi connectivity index (χ0n) is 19.5. The van der Waals surface area contributed by atoms with E-state index < -0.39 is 23.3 Å². The van der Waals surface area contributed by atoms with Crippen molar-refractivity contribution >= 4 is 16.6 Å². The fraction of sp³-hybridized carbons (Fsp3) is 0.462. The molecule has 1 atom stereocenters. The molecular formula is C26H30F4N4O. The van der Waals surface area contributed by atoms with E-state index in [1.807, 2.05) is 29.2 Å². The first-order valence-corrected chi connectivity index (χ1v) is 12.1. The van der Waals surface area contributed by atoms with Gasteiger partial charge in [-0.3, -0.25) is 9.29 Å². The summed E-state index contributed by atoms with van der Waals surface area (Å²) in [5, 5.41) is 7.09. The molecule has 5 rings (SSSR count). The number of nitrogens with one attached hydrogen (secondary N) is 3. The van der Waals surface area contributed by atoms with Crippen LogP contribution < -0.4 is 10.6 Å². The lowest BCUT2D eigenvalue weighted by Crippen LogP contribution is -2.55. The molecule has 5 nitrogen and oxygen atoms in total. The van der Waals surface area contributed by atoms with Gasteiger partial charge in [0.05, 0.1) is 25.9 Å². The van der Waals surface area contributed by atoms with Crippen LogP contribution in [0.1, 0.15) is 29.3 Å². The molecule has 0 spiro atoms. The standard InChI is InChI=1S/C26H30F4N4O/c27-7-3-8-31-9-10-32-17-12-20(28)23(21(29)13-17)25-24-19(18-4-1-2-5-22(18)33-24)6-11-34(25)14-26(30)15-35-16-26/h1-2,4-5,12-13,25,31-33H,3,6-11,14-16H2. The molecule has 0 bridgehead atoms. The summed E-state index contributed by atoms with van der Waals surface area (Å²) in [5.41, 5.74) is 1.32. The van der Waals surface area contributed by atoms with Crippen molar-refractivity contribution in [3.8, 4) is 0 Å². The van der Waals surface area contributed by atoms with Crippen molar-refractivity contribution in [1.29, 1.82) is 0 Å². The van der Waals surface area contributed by atoms with Gasteiger partial charge in [0.1, 0.15) is 11.6 Å². The third-order valence-electron chi connectivity index (χ3n) is 6.81. The number of H-pyrrole nitrogens is 1. The molecule has 1 unspecified atom stereocenters. The first kappa shape index (κ1) is 24.1. The maximum atomic E-state index is 15.5. The SMILES string of the molecule is FCCCNCCNc1cc(F)c(C2c3[nH]c4ccccc4c3CCN2CC2(F)COC2)c(F)c1. The number of aromatic nitrogens is 1. The molecule has 2 aliphatic rings. The van der Waals surface area contributed by atoms with Crippen LogP contribution in [0.25, 0.3) is 10.9 Å². The number of anilines is 1. The molecule has 9 heteroatoms. The first-order valence-electron chi connectivity index (χ1n) is 12.1. The Bertz CT molecular complexity index is 1160. The molecule has 0 amide bonds. The Hall–Kier alpha value is -2.62. The van der Waals surface area contributed by atoms with Gasteiger partial charge in [-0.05, 0) is 43.1 Å². The molecule has 3 aromatic rings. The van der Waals surface area contributed by atoms with Gasteiger partial charge < -0.3 is 20.4 Å². The van der Waals surface area contributed by atoms with Crippen LogP contribution in [-0.2, 0) is 11.2 Å². The number of halogens is 4. The van der Waals surface area contributed by atoms with Crippen molar-refractivity contribution in [3.63, 3.8) is 0 Å². The average Bonchev–Trinajstić information content (AvgIpc) is 3.20. The third-order valence-corrected chi connectivity index (χ3v) is 6.81. The van der Waals surface area contributed by atoms with E-state index in [0.29, 0.717) is 50.4 Å². The number of hydrogen-bond donors (Lipinski definition) is 3. The minimum atomic E-state index is -1.52. The Kier molecular flexibility index (Phi) is 7.00. The molecule has 3 N–H and O–H groups in total. The Labute approximate surface area is 201 Å². The van der Waals surface area contributed by atoms with Gasteiger partial charge in [0, 0.05) is 54.0 Å². The highest BCUT2D eigenvalue weighted by molar-refractivity contribution is 5.85. The largest absolute Gasteiger partial charge is 0.384 e. The van der Waals surface area contributed by atoms with Crippen molar-refractivity contribution in [1.82, 2.24) is 15.2 Å². The summed E-state index contributed by atoms with van der Waals surface area (Å²) in [7, 11) is 0. The van der Waals surface area contributed by atoms with Crippen LogP contribution in [-0.4, -0.2) is 68.2 Å². The van der Waals surface area contributed by atoms with Gasteiger partial charge in [-0.25, -0.2) is 13.2 Å². The average molecular weight is 491 g/mol. The number of hydrogen-bond acceptors (Lipinski definition) is 4. The van der Waals surface area contributed by atoms with Gasteiger partial charge >= 0.3 is 0 Å². The van der Waals surface area contributed by atoms with E-state index >= 15 is 13.2 Å². The molecule has 1 fully saturated rings. The lowest BCUT2D eigenvalue weighted by Gasteiger charge is -2.43. The van der Waals surface area contributed by atoms with E-state index in [1.165, 1.54) is 12.1 Å². The smallest absolute Gasteiger partial charge is 0.169 e. The van der Waals surface area contributed by atoms with Crippen molar-refractivity contribution < 1.29 is 22.3 Å². The molecule has 2 aromatic carbocycles. The van der Waals surface area contributed by atoms with Crippen molar-refractivity contribution in [2.24, 2.45) is 0 Å². The summed E-state index contributed by atoms with van der Waals surface area (Å²) < 4.78 is 63.4. The zero-order chi connectivity index (χ0) is 24.4. The van der Waals surface area contributed by atoms with Gasteiger partial charge in [-0.2, -0.15) is 0 Å². The molecule has 0 saturated carbocycles. The lowest BCUT2D eigenvalue weighted by molar-refractivity contribution is -0.144. The molecular weight excluding hydrogens is 460 g/mol. The van der Waals surface area contributed by atoms with E-state index in [1.54, 1.807) is 0 Å². The topological polar surface area (TPSA) is 52.3 Å². The highest BCUT2D eigenvalue weighted by Crippen LogP contribution is 2.42. The Morgan fingerprint density at radius 1 is 1.09 bits per heavy atom. The fourth-order valence-corrected chi connectivity index (χ4v) is 5.13. The number of benzene rings is 2. The minimum absolute atomic E-state index is 0.0109. The van der Waals surface area contributed by atoms with Crippen molar-refractivity contribution in [3.05, 3.63) is 64.9 Å². The number of ether oxygens (including phenoxy) is 1. The van der Waals surface area contributed by atoms with Crippen LogP contribution in [0.4, 0.5) is 23.2 Å². The second-order valence-corrected chi connectivity index (χ2v) is 9.40. The summed E-state index contributed by atoms with van der Waals surface area (Å²) in [5.74, 6) is -1.37. The molecule has 1 aromatic heterocycles. The number of fused-ring (bicyclic) bond motifs is 3. The van der Waals surface area contributed by atoms with E-state index in [4.69, 9.17) is 4.74 Å². The van der Waals surface area contributed by atoms with E-state index in [0.717, 1.165) is 16.5 Å². The van der Waals surface area contributed by atoms with Crippen LogP contribution in [0.3, 0.4) is 0 Å². The highest BCUT2D eigenvalue weighted by atomic mass is 19.1. The quantitative estimate of drug-likeness (QED) is 0.290. The van der Waals surface area contributed by atoms with Crippen LogP contribution in [0.5, 0.6) is 0 Å². The predicted molar refractivity (Wildman–Crippen MR) is 128 cm³/mol. The number of rotatable bonds is 10. The number of alkyl halides is 2. The molecule has 1 saturated heterocycles. The van der Waals surface area contributed by atoms with Crippen molar-refractivity contribution in [2.75, 3.05) is 57.9 Å². The molecule has 188 valence electrons. The number of para-hydroxylation sites is 1. The van der Waals surface area contributed by atoms with Crippen LogP contribution in [0.15, 0.2) is 36.4 Å². The number of aromatic amines is 1. The van der Waals surface area contributed by atoms with Crippen LogP contribution >= 0.6 is 0 Å². The summed E-state index contributed by atoms with van der Waals surface area (Å²) in [6.07, 6.45) is 1.09. The molecule has 0 radical (unpaired) electrons. The molecule has 35 heavy (non-hydrogen) atoms. The second-order valence-electron chi connectivity index (χ2n) is 9.40. The summed E-state index contributed by atoms with van der Waals surface area (Å²) in [6, 6.07) is 9.57. The second kappa shape index (κ2) is 10.2. The van der Waals surface area contributed by atoms with E-state index in [9.17, 15) is 4.39 Å². The first-order chi connectivity index (χ1) is 17.0. The lowest BCUT2D eigenvalue weighted by atomic mass is 9.90. The third kappa shape index (κ3) is 4.90. The Balaban J connectivity index is 1.45. The normalized spacial score (nSPS) is 19.5. The number of nitrogens with zero attached hydrogens (tertiary/aromatic N) is 1. The molecule has 2 aliphatic heterocycles. The van der Waals surface area contributed by atoms with Gasteiger partial charge in [-0.1, -0.05) is 18.2 Å². The van der Waals surface area contributed by atoms with Crippen molar-refractivity contribution in [2.45, 2.75) is 24.6 Å². The van der Waals surface area contributed by atoms with Crippen LogP contribution in [0, 0.1) is 11.6 Å². The Morgan fingerprint density at radius 2 is 1.86 bits per heavy atom. The van der Waals surface area contributed by atoms with Gasteiger partial charge in [0.25, 0.3) is 0 Å². The van der Waals surface area contributed by atoms with Gasteiger partial charge in [0.15, 0.2) is 5.67 Å². The molecule has 0 aliphatic carbocycles. The van der Waals surface area contributed by atoms with Gasteiger partial charge in [0.2, 0.25) is 0 Å². The minimum Gasteiger partial charge on any atom is -0.384 e. The monoisotopic (exact) mass is 490 g/mol. The van der Waals surface area contributed by atoms with E-state index in [-0.39, 0.29) is 32.0 Å².